The first-order chi connectivity index (χ1) is 3.56. The van der Waals surface area contributed by atoms with Crippen LogP contribution in [0.4, 0.5) is 0 Å². The quantitative estimate of drug-likeness (QED) is 0.591. The molecule has 1 N–H and O–H groups in total. The van der Waals surface area contributed by atoms with Crippen LogP contribution < -0.4 is 0 Å². The van der Waals surface area contributed by atoms with Gasteiger partial charge in [-0.25, -0.2) is 0 Å². The van der Waals surface area contributed by atoms with Crippen molar-refractivity contribution in [1.82, 2.24) is 0 Å². The molecular formula is CH4O5SZr. The molecule has 0 aliphatic heterocycles. The molecule has 48 valence electrons. The van der Waals surface area contributed by atoms with E-state index in [2.05, 4.69) is 4.18 Å². The molecule has 0 aromatic rings. The van der Waals surface area contributed by atoms with Crippen molar-refractivity contribution in [1.29, 1.82) is 0 Å². The topological polar surface area (TPSA) is 80.7 Å². The molecule has 0 saturated heterocycles. The second-order valence-corrected chi connectivity index (χ2v) is 1.78. The zero-order valence-electron chi connectivity index (χ0n) is 3.99. The molecular weight excluding hydrogens is 215 g/mol. The predicted molar refractivity (Wildman–Crippen MR) is 19.2 cm³/mol. The average Bonchev–Trinajstić information content (AvgIpc) is 1.71. The molecule has 0 unspecified atom stereocenters. The van der Waals surface area contributed by atoms with Gasteiger partial charge in [-0.1, -0.05) is 0 Å². The van der Waals surface area contributed by atoms with Gasteiger partial charge in [-0.15, -0.1) is 0 Å². The van der Waals surface area contributed by atoms with Crippen molar-refractivity contribution in [2.75, 3.05) is 7.11 Å². The Bertz CT molecular complexity index is 125. The molecule has 0 aliphatic rings. The van der Waals surface area contributed by atoms with Crippen LogP contribution in [0.3, 0.4) is 0 Å². The third kappa shape index (κ3) is 16.0. The van der Waals surface area contributed by atoms with E-state index < -0.39 is 10.4 Å². The Hall–Kier alpha value is 0.553. The molecule has 0 amide bonds. The van der Waals surface area contributed by atoms with Gasteiger partial charge in [0.05, 0.1) is 7.11 Å². The molecule has 0 bridgehead atoms. The van der Waals surface area contributed by atoms with Crippen LogP contribution in [0.25, 0.3) is 0 Å². The van der Waals surface area contributed by atoms with Crippen LogP contribution in [-0.4, -0.2) is 20.1 Å². The van der Waals surface area contributed by atoms with Crippen LogP contribution in [0.15, 0.2) is 0 Å². The van der Waals surface area contributed by atoms with Gasteiger partial charge in [-0.05, 0) is 0 Å². The minimum absolute atomic E-state index is 0.300. The Balaban J connectivity index is 0. The summed E-state index contributed by atoms with van der Waals surface area (Å²) in [6.45, 7) is 0. The van der Waals surface area contributed by atoms with E-state index in [1.165, 1.54) is 0 Å². The Morgan fingerprint density at radius 3 is 1.62 bits per heavy atom. The molecule has 0 aromatic carbocycles. The summed E-state index contributed by atoms with van der Waals surface area (Å²) in [5.74, 6) is 0. The van der Waals surface area contributed by atoms with E-state index in [4.69, 9.17) is 7.37 Å². The molecule has 0 aromatic heterocycles. The number of hydrogen-bond donors (Lipinski definition) is 1. The van der Waals surface area contributed by atoms with E-state index in [-0.39, 0.29) is 0 Å². The molecule has 0 atom stereocenters. The molecule has 0 spiro atoms. The summed E-state index contributed by atoms with van der Waals surface area (Å²) in [5.41, 5.74) is 0. The average molecular weight is 219 g/mol. The van der Waals surface area contributed by atoms with Gasteiger partial charge < -0.3 is 0 Å². The third-order valence-corrected chi connectivity index (χ3v) is 0.632. The Kier molecular flexibility index (Phi) is 8.08. The van der Waals surface area contributed by atoms with Crippen molar-refractivity contribution >= 4 is 10.4 Å². The van der Waals surface area contributed by atoms with Crippen molar-refractivity contribution < 1.29 is 44.7 Å². The molecule has 0 radical (unpaired) electrons. The minimum atomic E-state index is -4.16. The molecule has 0 heterocycles. The first kappa shape index (κ1) is 11.4. The van der Waals surface area contributed by atoms with Crippen molar-refractivity contribution in [3.05, 3.63) is 0 Å². The maximum absolute atomic E-state index is 9.33. The van der Waals surface area contributed by atoms with Gasteiger partial charge in [0.15, 0.2) is 0 Å². The van der Waals surface area contributed by atoms with Gasteiger partial charge in [0, 0.05) is 0 Å². The summed E-state index contributed by atoms with van der Waals surface area (Å²) in [7, 11) is -3.29. The van der Waals surface area contributed by atoms with Gasteiger partial charge in [0.25, 0.3) is 0 Å². The number of hydrogen-bond acceptors (Lipinski definition) is 4. The normalized spacial score (nSPS) is 9.12. The van der Waals surface area contributed by atoms with Crippen LogP contribution in [0.1, 0.15) is 0 Å². The zero-order chi connectivity index (χ0) is 7.21. The van der Waals surface area contributed by atoms with E-state index >= 15 is 0 Å². The van der Waals surface area contributed by atoms with Crippen LogP contribution >= 0.6 is 0 Å². The van der Waals surface area contributed by atoms with E-state index in [1.807, 2.05) is 0 Å². The monoisotopic (exact) mass is 218 g/mol. The van der Waals surface area contributed by atoms with Crippen molar-refractivity contribution in [3.8, 4) is 0 Å². The van der Waals surface area contributed by atoms with Crippen molar-refractivity contribution in [3.63, 3.8) is 0 Å². The summed E-state index contributed by atoms with van der Waals surface area (Å²) in [4.78, 5) is 0. The first-order valence-corrected chi connectivity index (χ1v) is 3.66. The summed E-state index contributed by atoms with van der Waals surface area (Å²) in [6, 6.07) is 0. The van der Waals surface area contributed by atoms with Crippen LogP contribution in [-0.2, 0) is 42.1 Å². The van der Waals surface area contributed by atoms with Gasteiger partial charge in [0.1, 0.15) is 0 Å². The summed E-state index contributed by atoms with van der Waals surface area (Å²) < 4.78 is 38.0. The zero-order valence-corrected chi connectivity index (χ0v) is 7.26. The molecule has 0 rings (SSSR count). The van der Waals surface area contributed by atoms with Crippen LogP contribution in [0.2, 0.25) is 0 Å². The van der Waals surface area contributed by atoms with E-state index in [0.29, 0.717) is 24.7 Å². The standard InChI is InChI=1S/CH4O4S.O.Zr/c1-5-6(2,3)4;;/h1H3,(H,2,3,4);;. The van der Waals surface area contributed by atoms with Gasteiger partial charge in [0.2, 0.25) is 0 Å². The van der Waals surface area contributed by atoms with Crippen molar-refractivity contribution in [2.24, 2.45) is 0 Å². The van der Waals surface area contributed by atoms with E-state index in [9.17, 15) is 8.42 Å². The molecule has 0 saturated carbocycles. The van der Waals surface area contributed by atoms with Gasteiger partial charge in [-0.2, -0.15) is 8.42 Å². The number of rotatable bonds is 1. The SMILES string of the molecule is COS(=O)(=O)O.[O]=[Zr]. The Morgan fingerprint density at radius 1 is 1.50 bits per heavy atom. The molecule has 0 aliphatic carbocycles. The molecule has 8 heavy (non-hydrogen) atoms. The van der Waals surface area contributed by atoms with E-state index in [1.54, 1.807) is 0 Å². The summed E-state index contributed by atoms with van der Waals surface area (Å²) >= 11 is 0.300. The Morgan fingerprint density at radius 2 is 1.62 bits per heavy atom. The summed E-state index contributed by atoms with van der Waals surface area (Å²) in [6.07, 6.45) is 0. The fourth-order valence-corrected chi connectivity index (χ4v) is 0. The van der Waals surface area contributed by atoms with Crippen LogP contribution in [0.5, 0.6) is 0 Å². The van der Waals surface area contributed by atoms with Gasteiger partial charge in [-0.3, -0.25) is 8.74 Å². The van der Waals surface area contributed by atoms with Crippen molar-refractivity contribution in [2.45, 2.75) is 0 Å². The second-order valence-electron chi connectivity index (χ2n) is 0.594. The maximum atomic E-state index is 9.33. The second kappa shape index (κ2) is 5.69. The predicted octanol–water partition coefficient (Wildman–Crippen LogP) is -0.686. The van der Waals surface area contributed by atoms with Crippen LogP contribution in [0, 0.1) is 0 Å². The summed E-state index contributed by atoms with van der Waals surface area (Å²) in [5, 5.41) is 0. The fraction of sp³-hybridized carbons (Fsp3) is 1.00. The van der Waals surface area contributed by atoms with E-state index in [0.717, 1.165) is 7.11 Å². The van der Waals surface area contributed by atoms with Gasteiger partial charge >= 0.3 is 37.9 Å². The Labute approximate surface area is 62.3 Å². The fourth-order valence-electron chi connectivity index (χ4n) is 0. The third-order valence-electron chi connectivity index (χ3n) is 0.211. The molecule has 7 heteroatoms. The molecule has 0 fully saturated rings. The first-order valence-electron chi connectivity index (χ1n) is 1.29. The molecule has 5 nitrogen and oxygen atoms in total.